The first-order chi connectivity index (χ1) is 10.5. The van der Waals surface area contributed by atoms with E-state index < -0.39 is 10.0 Å². The van der Waals surface area contributed by atoms with Crippen molar-refractivity contribution in [3.8, 4) is 0 Å². The Morgan fingerprint density at radius 1 is 1.27 bits per heavy atom. The fourth-order valence-electron chi connectivity index (χ4n) is 3.09. The van der Waals surface area contributed by atoms with Gasteiger partial charge in [0, 0.05) is 25.2 Å². The lowest BCUT2D eigenvalue weighted by molar-refractivity contribution is 0.0945. The topological polar surface area (TPSA) is 92.5 Å². The SMILES string of the molecule is NCC1CCN(S(=O)(=O)c2ccc3c(c2)C(=O)NCC3)CC1. The van der Waals surface area contributed by atoms with Gasteiger partial charge < -0.3 is 11.1 Å². The molecule has 3 rings (SSSR count). The number of rotatable bonds is 3. The Labute approximate surface area is 130 Å². The van der Waals surface area contributed by atoms with Gasteiger partial charge in [-0.2, -0.15) is 4.31 Å². The van der Waals surface area contributed by atoms with E-state index in [4.69, 9.17) is 5.73 Å². The van der Waals surface area contributed by atoms with Crippen molar-refractivity contribution in [2.24, 2.45) is 11.7 Å². The van der Waals surface area contributed by atoms with Gasteiger partial charge in [0.25, 0.3) is 5.91 Å². The summed E-state index contributed by atoms with van der Waals surface area (Å²) in [6, 6.07) is 4.88. The maximum absolute atomic E-state index is 12.7. The smallest absolute Gasteiger partial charge is 0.251 e. The van der Waals surface area contributed by atoms with Crippen LogP contribution in [0.3, 0.4) is 0 Å². The molecule has 0 radical (unpaired) electrons. The maximum Gasteiger partial charge on any atom is 0.251 e. The molecule has 1 aromatic carbocycles. The quantitative estimate of drug-likeness (QED) is 0.838. The lowest BCUT2D eigenvalue weighted by Gasteiger charge is -2.30. The van der Waals surface area contributed by atoms with Gasteiger partial charge in [-0.3, -0.25) is 4.79 Å². The normalized spacial score (nSPS) is 20.5. The lowest BCUT2D eigenvalue weighted by Crippen LogP contribution is -2.40. The van der Waals surface area contributed by atoms with Gasteiger partial charge in [0.05, 0.1) is 4.90 Å². The minimum absolute atomic E-state index is 0.194. The Balaban J connectivity index is 1.87. The van der Waals surface area contributed by atoms with Crippen LogP contribution in [0.1, 0.15) is 28.8 Å². The van der Waals surface area contributed by atoms with E-state index in [0.29, 0.717) is 37.7 Å². The predicted octanol–water partition coefficient (Wildman–Crippen LogP) is 0.332. The summed E-state index contributed by atoms with van der Waals surface area (Å²) < 4.78 is 27.0. The third kappa shape index (κ3) is 2.76. The van der Waals surface area contributed by atoms with Gasteiger partial charge in [0.15, 0.2) is 0 Å². The first-order valence-electron chi connectivity index (χ1n) is 7.63. The highest BCUT2D eigenvalue weighted by Crippen LogP contribution is 2.25. The van der Waals surface area contributed by atoms with Crippen molar-refractivity contribution in [1.29, 1.82) is 0 Å². The Hall–Kier alpha value is -1.44. The Kier molecular flexibility index (Phi) is 4.20. The summed E-state index contributed by atoms with van der Waals surface area (Å²) in [5.74, 6) is 0.209. The largest absolute Gasteiger partial charge is 0.352 e. The van der Waals surface area contributed by atoms with E-state index in [-0.39, 0.29) is 10.8 Å². The average Bonchev–Trinajstić information content (AvgIpc) is 2.55. The first-order valence-corrected chi connectivity index (χ1v) is 9.07. The minimum Gasteiger partial charge on any atom is -0.352 e. The van der Waals surface area contributed by atoms with Crippen molar-refractivity contribution in [2.75, 3.05) is 26.2 Å². The zero-order valence-electron chi connectivity index (χ0n) is 12.4. The lowest BCUT2D eigenvalue weighted by atomic mass is 9.99. The summed E-state index contributed by atoms with van der Waals surface area (Å²) >= 11 is 0. The van der Waals surface area contributed by atoms with E-state index in [9.17, 15) is 13.2 Å². The summed E-state index contributed by atoms with van der Waals surface area (Å²) in [5.41, 5.74) is 7.03. The van der Waals surface area contributed by atoms with Crippen LogP contribution < -0.4 is 11.1 Å². The number of fused-ring (bicyclic) bond motifs is 1. The predicted molar refractivity (Wildman–Crippen MR) is 83.0 cm³/mol. The molecule has 0 spiro atoms. The number of nitrogens with one attached hydrogen (secondary N) is 1. The molecule has 0 saturated carbocycles. The van der Waals surface area contributed by atoms with Crippen molar-refractivity contribution in [1.82, 2.24) is 9.62 Å². The molecule has 1 saturated heterocycles. The number of piperidine rings is 1. The summed E-state index contributed by atoms with van der Waals surface area (Å²) in [5, 5.41) is 2.75. The Bertz CT molecular complexity index is 679. The Morgan fingerprint density at radius 2 is 2.00 bits per heavy atom. The van der Waals surface area contributed by atoms with Gasteiger partial charge in [0.1, 0.15) is 0 Å². The van der Waals surface area contributed by atoms with Crippen LogP contribution in [0.25, 0.3) is 0 Å². The molecule has 3 N–H and O–H groups in total. The number of carbonyl (C=O) groups excluding carboxylic acids is 1. The van der Waals surface area contributed by atoms with Crippen LogP contribution in [0.5, 0.6) is 0 Å². The molecule has 0 aliphatic carbocycles. The van der Waals surface area contributed by atoms with Crippen molar-refractivity contribution in [2.45, 2.75) is 24.2 Å². The van der Waals surface area contributed by atoms with Gasteiger partial charge in [-0.15, -0.1) is 0 Å². The van der Waals surface area contributed by atoms with Crippen molar-refractivity contribution in [3.63, 3.8) is 0 Å². The number of benzene rings is 1. The number of amides is 1. The number of hydrogen-bond donors (Lipinski definition) is 2. The van der Waals surface area contributed by atoms with Crippen molar-refractivity contribution >= 4 is 15.9 Å². The van der Waals surface area contributed by atoms with Crippen LogP contribution in [0.4, 0.5) is 0 Å². The third-order valence-electron chi connectivity index (χ3n) is 4.55. The third-order valence-corrected chi connectivity index (χ3v) is 6.45. The second-order valence-corrected chi connectivity index (χ2v) is 7.85. The van der Waals surface area contributed by atoms with Gasteiger partial charge in [-0.25, -0.2) is 8.42 Å². The van der Waals surface area contributed by atoms with Gasteiger partial charge in [0.2, 0.25) is 10.0 Å². The molecule has 1 fully saturated rings. The van der Waals surface area contributed by atoms with Crippen LogP contribution in [0.2, 0.25) is 0 Å². The van der Waals surface area contributed by atoms with Crippen LogP contribution in [0, 0.1) is 5.92 Å². The van der Waals surface area contributed by atoms with E-state index in [1.165, 1.54) is 10.4 Å². The average molecular weight is 323 g/mol. The molecule has 0 aromatic heterocycles. The molecular weight excluding hydrogens is 302 g/mol. The van der Waals surface area contributed by atoms with Crippen LogP contribution in [0.15, 0.2) is 23.1 Å². The number of carbonyl (C=O) groups is 1. The van der Waals surface area contributed by atoms with Crippen LogP contribution in [-0.2, 0) is 16.4 Å². The first kappa shape index (κ1) is 15.5. The monoisotopic (exact) mass is 323 g/mol. The highest BCUT2D eigenvalue weighted by molar-refractivity contribution is 7.89. The molecule has 6 nitrogen and oxygen atoms in total. The number of sulfonamides is 1. The van der Waals surface area contributed by atoms with Crippen molar-refractivity contribution in [3.05, 3.63) is 29.3 Å². The molecule has 22 heavy (non-hydrogen) atoms. The van der Waals surface area contributed by atoms with E-state index in [0.717, 1.165) is 24.8 Å². The molecule has 2 aliphatic rings. The summed E-state index contributed by atoms with van der Waals surface area (Å²) in [6.07, 6.45) is 2.33. The molecule has 0 unspecified atom stereocenters. The van der Waals surface area contributed by atoms with Gasteiger partial charge in [-0.1, -0.05) is 6.07 Å². The molecule has 7 heteroatoms. The number of nitrogens with two attached hydrogens (primary N) is 1. The van der Waals surface area contributed by atoms with Crippen LogP contribution in [-0.4, -0.2) is 44.8 Å². The summed E-state index contributed by atoms with van der Waals surface area (Å²) in [7, 11) is -3.54. The molecule has 1 aromatic rings. The van der Waals surface area contributed by atoms with E-state index >= 15 is 0 Å². The highest BCUT2D eigenvalue weighted by Gasteiger charge is 2.30. The fourth-order valence-corrected chi connectivity index (χ4v) is 4.58. The Morgan fingerprint density at radius 3 is 2.68 bits per heavy atom. The van der Waals surface area contributed by atoms with E-state index in [1.807, 2.05) is 0 Å². The standard InChI is InChI=1S/C15H21N3O3S/c16-10-11-4-7-18(8-5-11)22(20,21)13-2-1-12-3-6-17-15(19)14(12)9-13/h1-2,9,11H,3-8,10,16H2,(H,17,19). The van der Waals surface area contributed by atoms with Crippen LogP contribution >= 0.6 is 0 Å². The fraction of sp³-hybridized carbons (Fsp3) is 0.533. The molecule has 2 heterocycles. The summed E-state index contributed by atoms with van der Waals surface area (Å²) in [6.45, 7) is 2.19. The van der Waals surface area contributed by atoms with E-state index in [1.54, 1.807) is 12.1 Å². The minimum atomic E-state index is -3.54. The summed E-state index contributed by atoms with van der Waals surface area (Å²) in [4.78, 5) is 12.1. The van der Waals surface area contributed by atoms with E-state index in [2.05, 4.69) is 5.32 Å². The maximum atomic E-state index is 12.7. The van der Waals surface area contributed by atoms with Crippen molar-refractivity contribution < 1.29 is 13.2 Å². The number of nitrogens with zero attached hydrogens (tertiary/aromatic N) is 1. The van der Waals surface area contributed by atoms with Gasteiger partial charge in [-0.05, 0) is 49.4 Å². The molecule has 1 amide bonds. The highest BCUT2D eigenvalue weighted by atomic mass is 32.2. The zero-order chi connectivity index (χ0) is 15.7. The molecular formula is C15H21N3O3S. The second kappa shape index (κ2) is 5.98. The zero-order valence-corrected chi connectivity index (χ0v) is 13.2. The number of hydrogen-bond acceptors (Lipinski definition) is 4. The van der Waals surface area contributed by atoms with Gasteiger partial charge >= 0.3 is 0 Å². The molecule has 120 valence electrons. The molecule has 0 atom stereocenters. The molecule has 2 aliphatic heterocycles. The second-order valence-electron chi connectivity index (χ2n) is 5.91. The molecule has 0 bridgehead atoms.